The summed E-state index contributed by atoms with van der Waals surface area (Å²) in [6.45, 7) is 6.48. The van der Waals surface area contributed by atoms with Gasteiger partial charge in [0.2, 0.25) is 11.8 Å². The number of ether oxygens (including phenoxy) is 1. The molecular formula is C24H32F3N3O5. The molecule has 4 aliphatic rings. The first kappa shape index (κ1) is 26.9. The van der Waals surface area contributed by atoms with Gasteiger partial charge in [0, 0.05) is 20.0 Å². The number of halogens is 3. The van der Waals surface area contributed by atoms with Gasteiger partial charge >= 0.3 is 12.1 Å². The summed E-state index contributed by atoms with van der Waals surface area (Å²) in [5.74, 6) is -2.69. The fourth-order valence-electron chi connectivity index (χ4n) is 5.54. The van der Waals surface area contributed by atoms with E-state index < -0.39 is 23.2 Å². The highest BCUT2D eigenvalue weighted by molar-refractivity contribution is 5.87. The van der Waals surface area contributed by atoms with Crippen molar-refractivity contribution in [3.63, 3.8) is 0 Å². The first-order chi connectivity index (χ1) is 16.3. The number of nitrogens with one attached hydrogen (secondary N) is 3. The van der Waals surface area contributed by atoms with Crippen LogP contribution in [0.1, 0.15) is 43.7 Å². The lowest BCUT2D eigenvalue weighted by molar-refractivity contribution is -0.192. The highest BCUT2D eigenvalue weighted by Crippen LogP contribution is 2.68. The molecule has 194 valence electrons. The zero-order valence-electron chi connectivity index (χ0n) is 19.9. The van der Waals surface area contributed by atoms with Gasteiger partial charge < -0.3 is 25.8 Å². The number of aryl methyl sites for hydroxylation is 1. The monoisotopic (exact) mass is 499 g/mol. The number of alkyl halides is 3. The van der Waals surface area contributed by atoms with Gasteiger partial charge in [0.15, 0.2) is 0 Å². The van der Waals surface area contributed by atoms with Crippen LogP contribution in [0.3, 0.4) is 0 Å². The van der Waals surface area contributed by atoms with Crippen LogP contribution in [0.2, 0.25) is 0 Å². The highest BCUT2D eigenvalue weighted by Gasteiger charge is 2.77. The Morgan fingerprint density at radius 1 is 1.14 bits per heavy atom. The van der Waals surface area contributed by atoms with Crippen molar-refractivity contribution in [3.8, 4) is 0 Å². The molecule has 3 heterocycles. The van der Waals surface area contributed by atoms with Crippen molar-refractivity contribution in [2.45, 2.75) is 63.3 Å². The van der Waals surface area contributed by atoms with E-state index in [9.17, 15) is 22.8 Å². The third-order valence-corrected chi connectivity index (χ3v) is 7.06. The summed E-state index contributed by atoms with van der Waals surface area (Å²) >= 11 is 0. The largest absolute Gasteiger partial charge is 0.490 e. The molecule has 3 aliphatic heterocycles. The molecule has 1 aromatic carbocycles. The summed E-state index contributed by atoms with van der Waals surface area (Å²) in [7, 11) is 0. The fourth-order valence-corrected chi connectivity index (χ4v) is 5.54. The zero-order valence-corrected chi connectivity index (χ0v) is 19.9. The molecule has 4 fully saturated rings. The van der Waals surface area contributed by atoms with Crippen LogP contribution in [0.15, 0.2) is 24.3 Å². The first-order valence-electron chi connectivity index (χ1n) is 11.6. The molecule has 2 bridgehead atoms. The van der Waals surface area contributed by atoms with Crippen LogP contribution in [0.5, 0.6) is 0 Å². The average molecular weight is 500 g/mol. The van der Waals surface area contributed by atoms with Gasteiger partial charge in [-0.2, -0.15) is 13.2 Å². The van der Waals surface area contributed by atoms with Gasteiger partial charge in [0.25, 0.3) is 0 Å². The molecule has 1 aliphatic carbocycles. The maximum Gasteiger partial charge on any atom is 0.490 e. The lowest BCUT2D eigenvalue weighted by Crippen LogP contribution is -2.61. The number of carbonyl (C=O) groups is 3. The van der Waals surface area contributed by atoms with E-state index in [1.807, 2.05) is 0 Å². The van der Waals surface area contributed by atoms with Gasteiger partial charge in [-0.05, 0) is 57.7 Å². The molecule has 0 unspecified atom stereocenters. The topological polar surface area (TPSA) is 117 Å². The molecule has 11 heteroatoms. The predicted octanol–water partition coefficient (Wildman–Crippen LogP) is 2.09. The standard InChI is InChI=1S/C22H31N3O3.C2HF3O2/c1-16-4-3-5-18(12-16)6-9-24-19(27)21-13-20(14-21,15-25-17(2)26)28-22(21)7-10-23-11-8-22;3-2(4,5)1(6)7/h3-5,12,23H,6-11,13-15H2,1-2H3,(H,24,27)(H,25,26);(H,6,7). The van der Waals surface area contributed by atoms with Crippen LogP contribution in [0.25, 0.3) is 0 Å². The molecular weight excluding hydrogens is 467 g/mol. The number of carbonyl (C=O) groups excluding carboxylic acids is 2. The summed E-state index contributed by atoms with van der Waals surface area (Å²) in [5, 5.41) is 16.6. The van der Waals surface area contributed by atoms with Crippen molar-refractivity contribution in [1.82, 2.24) is 16.0 Å². The van der Waals surface area contributed by atoms with Gasteiger partial charge in [-0.1, -0.05) is 29.8 Å². The molecule has 0 radical (unpaired) electrons. The third kappa shape index (κ3) is 5.78. The van der Waals surface area contributed by atoms with E-state index in [1.54, 1.807) is 0 Å². The summed E-state index contributed by atoms with van der Waals surface area (Å²) < 4.78 is 38.3. The number of carboxylic acids is 1. The number of rotatable bonds is 6. The SMILES string of the molecule is CC(=O)NCC12CC(C(=O)NCCc3cccc(C)c3)(C1)C1(CCNCC1)O2.O=C(O)C(F)(F)F. The molecule has 8 nitrogen and oxygen atoms in total. The second-order valence-electron chi connectivity index (χ2n) is 9.67. The number of benzene rings is 1. The van der Waals surface area contributed by atoms with E-state index in [1.165, 1.54) is 18.1 Å². The Bertz CT molecular complexity index is 954. The molecule has 0 aromatic heterocycles. The Hall–Kier alpha value is -2.66. The first-order valence-corrected chi connectivity index (χ1v) is 11.6. The van der Waals surface area contributed by atoms with Crippen molar-refractivity contribution in [2.24, 2.45) is 5.41 Å². The van der Waals surface area contributed by atoms with Crippen LogP contribution in [-0.4, -0.2) is 66.4 Å². The lowest BCUT2D eigenvalue weighted by atomic mass is 9.53. The van der Waals surface area contributed by atoms with Crippen molar-refractivity contribution >= 4 is 17.8 Å². The average Bonchev–Trinajstić information content (AvgIpc) is 3.17. The number of aliphatic carboxylic acids is 1. The second-order valence-corrected chi connectivity index (χ2v) is 9.67. The van der Waals surface area contributed by atoms with Crippen molar-refractivity contribution in [2.75, 3.05) is 26.2 Å². The number of hydrogen-bond acceptors (Lipinski definition) is 5. The second kappa shape index (κ2) is 10.1. The van der Waals surface area contributed by atoms with E-state index in [0.717, 1.165) is 32.4 Å². The van der Waals surface area contributed by atoms with E-state index in [2.05, 4.69) is 47.1 Å². The summed E-state index contributed by atoms with van der Waals surface area (Å²) in [6.07, 6.45) is -1.15. The maximum atomic E-state index is 13.3. The molecule has 2 amide bonds. The predicted molar refractivity (Wildman–Crippen MR) is 121 cm³/mol. The van der Waals surface area contributed by atoms with Gasteiger partial charge in [-0.25, -0.2) is 4.79 Å². The normalized spacial score (nSPS) is 26.2. The van der Waals surface area contributed by atoms with E-state index >= 15 is 0 Å². The minimum absolute atomic E-state index is 0.0515. The molecule has 35 heavy (non-hydrogen) atoms. The van der Waals surface area contributed by atoms with E-state index in [-0.39, 0.29) is 17.4 Å². The van der Waals surface area contributed by atoms with Crippen molar-refractivity contribution in [3.05, 3.63) is 35.4 Å². The maximum absolute atomic E-state index is 13.3. The van der Waals surface area contributed by atoms with Crippen LogP contribution in [0.4, 0.5) is 13.2 Å². The Balaban J connectivity index is 0.000000429. The lowest BCUT2D eigenvalue weighted by Gasteiger charge is -2.48. The van der Waals surface area contributed by atoms with E-state index in [4.69, 9.17) is 14.6 Å². The molecule has 1 aromatic rings. The number of amides is 2. The minimum Gasteiger partial charge on any atom is -0.475 e. The molecule has 3 saturated heterocycles. The van der Waals surface area contributed by atoms with Crippen LogP contribution < -0.4 is 16.0 Å². The highest BCUT2D eigenvalue weighted by atomic mass is 19.4. The number of hydrogen-bond donors (Lipinski definition) is 4. The third-order valence-electron chi connectivity index (χ3n) is 7.06. The Labute approximate surface area is 202 Å². The van der Waals surface area contributed by atoms with Crippen molar-refractivity contribution in [1.29, 1.82) is 0 Å². The molecule has 4 N–H and O–H groups in total. The summed E-state index contributed by atoms with van der Waals surface area (Å²) in [6, 6.07) is 8.41. The van der Waals surface area contributed by atoms with Crippen molar-refractivity contribution < 1.29 is 37.4 Å². The summed E-state index contributed by atoms with van der Waals surface area (Å²) in [4.78, 5) is 33.6. The summed E-state index contributed by atoms with van der Waals surface area (Å²) in [5.41, 5.74) is 1.24. The minimum atomic E-state index is -5.08. The van der Waals surface area contributed by atoms with Gasteiger partial charge in [-0.3, -0.25) is 9.59 Å². The fraction of sp³-hybridized carbons (Fsp3) is 0.625. The van der Waals surface area contributed by atoms with Gasteiger partial charge in [0.1, 0.15) is 0 Å². The van der Waals surface area contributed by atoms with E-state index in [0.29, 0.717) is 25.9 Å². The molecule has 5 rings (SSSR count). The Morgan fingerprint density at radius 2 is 1.77 bits per heavy atom. The van der Waals surface area contributed by atoms with Crippen LogP contribution in [-0.2, 0) is 25.5 Å². The molecule has 0 atom stereocenters. The Kier molecular flexibility index (Phi) is 7.80. The van der Waals surface area contributed by atoms with Crippen LogP contribution in [0, 0.1) is 12.3 Å². The number of carboxylic acid groups (broad SMARTS) is 1. The smallest absolute Gasteiger partial charge is 0.475 e. The quantitative estimate of drug-likeness (QED) is 0.476. The van der Waals surface area contributed by atoms with Crippen LogP contribution >= 0.6 is 0 Å². The molecule has 1 spiro atoms. The van der Waals surface area contributed by atoms with Gasteiger partial charge in [-0.15, -0.1) is 0 Å². The molecule has 1 saturated carbocycles. The number of piperidine rings is 1. The Morgan fingerprint density at radius 3 is 2.31 bits per heavy atom. The zero-order chi connectivity index (χ0) is 25.9. The van der Waals surface area contributed by atoms with Gasteiger partial charge in [0.05, 0.1) is 16.6 Å².